The van der Waals surface area contributed by atoms with Crippen molar-refractivity contribution in [2.45, 2.75) is 38.1 Å². The van der Waals surface area contributed by atoms with E-state index in [1.807, 2.05) is 6.92 Å². The predicted molar refractivity (Wildman–Crippen MR) is 101 cm³/mol. The number of aliphatic hydroxyl groups is 1. The Morgan fingerprint density at radius 2 is 2.10 bits per heavy atom. The molecule has 0 aliphatic carbocycles. The molecule has 2 atom stereocenters. The summed E-state index contributed by atoms with van der Waals surface area (Å²) in [6, 6.07) is 9.63. The average Bonchev–Trinajstić information content (AvgIpc) is 3.45. The largest absolute Gasteiger partial charge is 0.497 e. The third-order valence-electron chi connectivity index (χ3n) is 4.39. The topological polar surface area (TPSA) is 104 Å². The smallest absolute Gasteiger partial charge is 0.354 e. The number of carbonyl (C=O) groups excluding carboxylic acids is 1. The van der Waals surface area contributed by atoms with Crippen LogP contribution in [-0.2, 0) is 21.7 Å². The van der Waals surface area contributed by atoms with E-state index < -0.39 is 17.7 Å². The summed E-state index contributed by atoms with van der Waals surface area (Å²) in [5.74, 6) is -0.140. The van der Waals surface area contributed by atoms with Crippen LogP contribution in [0.15, 0.2) is 64.2 Å². The summed E-state index contributed by atoms with van der Waals surface area (Å²) in [6.07, 6.45) is 4.18. The van der Waals surface area contributed by atoms with Crippen LogP contribution in [0.2, 0.25) is 0 Å². The SMILES string of the molecule is CCCC(OCc1cocn1)C(O)(C(=O)Oc1cccc(OC)c1)c1ccco1. The Bertz CT molecular complexity index is 892. The van der Waals surface area contributed by atoms with Crippen LogP contribution in [0, 0.1) is 0 Å². The molecule has 0 aliphatic rings. The number of hydrogen-bond acceptors (Lipinski definition) is 8. The van der Waals surface area contributed by atoms with Gasteiger partial charge in [0.05, 0.1) is 20.0 Å². The molecule has 2 heterocycles. The van der Waals surface area contributed by atoms with Gasteiger partial charge in [0.25, 0.3) is 0 Å². The van der Waals surface area contributed by atoms with Gasteiger partial charge in [0, 0.05) is 6.07 Å². The lowest BCUT2D eigenvalue weighted by Gasteiger charge is -2.32. The van der Waals surface area contributed by atoms with Gasteiger partial charge in [-0.25, -0.2) is 9.78 Å². The minimum absolute atomic E-state index is 0.0315. The number of carbonyl (C=O) groups is 1. The van der Waals surface area contributed by atoms with Crippen molar-refractivity contribution in [2.24, 2.45) is 0 Å². The van der Waals surface area contributed by atoms with E-state index in [2.05, 4.69) is 4.98 Å². The lowest BCUT2D eigenvalue weighted by Crippen LogP contribution is -2.50. The number of rotatable bonds is 10. The van der Waals surface area contributed by atoms with Crippen LogP contribution >= 0.6 is 0 Å². The van der Waals surface area contributed by atoms with Crippen LogP contribution < -0.4 is 9.47 Å². The van der Waals surface area contributed by atoms with Crippen molar-refractivity contribution in [2.75, 3.05) is 7.11 Å². The van der Waals surface area contributed by atoms with E-state index in [9.17, 15) is 9.90 Å². The highest BCUT2D eigenvalue weighted by molar-refractivity contribution is 5.83. The molecule has 0 spiro atoms. The molecule has 0 bridgehead atoms. The molecular weight excluding hydrogens is 378 g/mol. The summed E-state index contributed by atoms with van der Waals surface area (Å²) in [7, 11) is 1.51. The maximum Gasteiger partial charge on any atom is 0.354 e. The van der Waals surface area contributed by atoms with Gasteiger partial charge in [-0.1, -0.05) is 19.4 Å². The van der Waals surface area contributed by atoms with Crippen LogP contribution in [-0.4, -0.2) is 29.3 Å². The lowest BCUT2D eigenvalue weighted by atomic mass is 9.90. The molecule has 0 saturated heterocycles. The number of ether oxygens (including phenoxy) is 3. The number of nitrogens with zero attached hydrogens (tertiary/aromatic N) is 1. The summed E-state index contributed by atoms with van der Waals surface area (Å²) >= 11 is 0. The van der Waals surface area contributed by atoms with E-state index in [1.165, 1.54) is 32.1 Å². The molecule has 0 fully saturated rings. The molecule has 29 heavy (non-hydrogen) atoms. The Balaban J connectivity index is 1.89. The van der Waals surface area contributed by atoms with Crippen molar-refractivity contribution in [3.8, 4) is 11.5 Å². The van der Waals surface area contributed by atoms with Crippen LogP contribution in [0.5, 0.6) is 11.5 Å². The van der Waals surface area contributed by atoms with Crippen LogP contribution in [0.25, 0.3) is 0 Å². The van der Waals surface area contributed by atoms with Gasteiger partial charge in [-0.05, 0) is 30.7 Å². The molecule has 3 aromatic rings. The Kier molecular flexibility index (Phi) is 6.69. The number of furan rings is 1. The standard InChI is InChI=1S/C21H23NO7/c1-3-6-18(28-13-15-12-26-14-22-15)21(24,19-9-5-10-27-19)20(23)29-17-8-4-7-16(11-17)25-2/h4-5,7-12,14,18,24H,3,6,13H2,1-2H3. The number of methoxy groups -OCH3 is 1. The Morgan fingerprint density at radius 3 is 2.76 bits per heavy atom. The fourth-order valence-electron chi connectivity index (χ4n) is 2.91. The summed E-state index contributed by atoms with van der Waals surface area (Å²) in [5, 5.41) is 11.5. The molecule has 0 amide bonds. The Labute approximate surface area is 168 Å². The Morgan fingerprint density at radius 1 is 1.28 bits per heavy atom. The fraction of sp³-hybridized carbons (Fsp3) is 0.333. The first-order valence-corrected chi connectivity index (χ1v) is 9.19. The van der Waals surface area contributed by atoms with Crippen molar-refractivity contribution in [3.05, 3.63) is 66.8 Å². The van der Waals surface area contributed by atoms with E-state index in [1.54, 1.807) is 30.3 Å². The highest BCUT2D eigenvalue weighted by Gasteiger charge is 2.50. The van der Waals surface area contributed by atoms with Gasteiger partial charge in [0.15, 0.2) is 6.39 Å². The minimum Gasteiger partial charge on any atom is -0.497 e. The van der Waals surface area contributed by atoms with E-state index >= 15 is 0 Å². The third kappa shape index (κ3) is 4.67. The molecule has 0 radical (unpaired) electrons. The number of hydrogen-bond donors (Lipinski definition) is 1. The Hall–Kier alpha value is -3.10. The van der Waals surface area contributed by atoms with Crippen LogP contribution in [0.1, 0.15) is 31.2 Å². The molecule has 1 aromatic carbocycles. The predicted octanol–water partition coefficient (Wildman–Crippen LogP) is 3.45. The number of esters is 1. The van der Waals surface area contributed by atoms with Gasteiger partial charge in [-0.15, -0.1) is 0 Å². The molecule has 0 aliphatic heterocycles. The molecule has 154 valence electrons. The molecule has 8 nitrogen and oxygen atoms in total. The van der Waals surface area contributed by atoms with E-state index in [-0.39, 0.29) is 18.1 Å². The zero-order chi connectivity index (χ0) is 20.7. The number of benzene rings is 1. The third-order valence-corrected chi connectivity index (χ3v) is 4.39. The maximum absolute atomic E-state index is 13.1. The van der Waals surface area contributed by atoms with Gasteiger partial charge in [0.1, 0.15) is 35.3 Å². The second-order valence-electron chi connectivity index (χ2n) is 6.38. The molecule has 2 unspecified atom stereocenters. The first-order chi connectivity index (χ1) is 14.1. The fourth-order valence-corrected chi connectivity index (χ4v) is 2.91. The van der Waals surface area contributed by atoms with Crippen LogP contribution in [0.4, 0.5) is 0 Å². The molecular formula is C21H23NO7. The molecule has 1 N–H and O–H groups in total. The van der Waals surface area contributed by atoms with Crippen molar-refractivity contribution >= 4 is 5.97 Å². The number of aromatic nitrogens is 1. The van der Waals surface area contributed by atoms with Gasteiger partial charge >= 0.3 is 5.97 Å². The molecule has 0 saturated carbocycles. The average molecular weight is 401 g/mol. The molecule has 2 aromatic heterocycles. The van der Waals surface area contributed by atoms with Gasteiger partial charge in [0.2, 0.25) is 5.60 Å². The first-order valence-electron chi connectivity index (χ1n) is 9.19. The monoisotopic (exact) mass is 401 g/mol. The number of oxazole rings is 1. The summed E-state index contributed by atoms with van der Waals surface area (Å²) in [4.78, 5) is 17.1. The maximum atomic E-state index is 13.1. The van der Waals surface area contributed by atoms with Crippen LogP contribution in [0.3, 0.4) is 0 Å². The summed E-state index contributed by atoms with van der Waals surface area (Å²) in [6.45, 7) is 1.97. The molecule has 8 heteroatoms. The highest BCUT2D eigenvalue weighted by atomic mass is 16.6. The van der Waals surface area contributed by atoms with E-state index in [0.717, 1.165) is 0 Å². The lowest BCUT2D eigenvalue weighted by molar-refractivity contribution is -0.183. The minimum atomic E-state index is -2.16. The van der Waals surface area contributed by atoms with Crippen molar-refractivity contribution in [1.82, 2.24) is 4.98 Å². The zero-order valence-corrected chi connectivity index (χ0v) is 16.2. The normalized spacial score (nSPS) is 14.2. The first kappa shape index (κ1) is 20.6. The second-order valence-corrected chi connectivity index (χ2v) is 6.38. The van der Waals surface area contributed by atoms with E-state index in [0.29, 0.717) is 24.3 Å². The van der Waals surface area contributed by atoms with Crippen molar-refractivity contribution in [3.63, 3.8) is 0 Å². The van der Waals surface area contributed by atoms with Gasteiger partial charge in [-0.3, -0.25) is 0 Å². The van der Waals surface area contributed by atoms with Gasteiger partial charge < -0.3 is 28.2 Å². The highest BCUT2D eigenvalue weighted by Crippen LogP contribution is 2.33. The second kappa shape index (κ2) is 9.40. The van der Waals surface area contributed by atoms with Crippen molar-refractivity contribution < 1.29 is 32.9 Å². The summed E-state index contributed by atoms with van der Waals surface area (Å²) < 4.78 is 26.8. The molecule has 3 rings (SSSR count). The summed E-state index contributed by atoms with van der Waals surface area (Å²) in [5.41, 5.74) is -1.62. The van der Waals surface area contributed by atoms with Crippen molar-refractivity contribution in [1.29, 1.82) is 0 Å². The zero-order valence-electron chi connectivity index (χ0n) is 16.2. The quantitative estimate of drug-likeness (QED) is 0.407. The van der Waals surface area contributed by atoms with E-state index in [4.69, 9.17) is 23.0 Å². The van der Waals surface area contributed by atoms with Gasteiger partial charge in [-0.2, -0.15) is 0 Å².